The summed E-state index contributed by atoms with van der Waals surface area (Å²) in [5.41, 5.74) is 0.997. The van der Waals surface area contributed by atoms with Crippen LogP contribution in [0.1, 0.15) is 55.5 Å². The van der Waals surface area contributed by atoms with Gasteiger partial charge in [0.2, 0.25) is 5.96 Å². The summed E-state index contributed by atoms with van der Waals surface area (Å²) >= 11 is 6.48. The lowest BCUT2D eigenvalue weighted by atomic mass is 9.75. The summed E-state index contributed by atoms with van der Waals surface area (Å²) in [5.74, 6) is -0.518. The molecule has 0 bridgehead atoms. The van der Waals surface area contributed by atoms with Gasteiger partial charge in [-0.15, -0.1) is 4.99 Å². The number of ether oxygens (including phenoxy) is 1. The Morgan fingerprint density at radius 2 is 1.89 bits per heavy atom. The van der Waals surface area contributed by atoms with E-state index in [9.17, 15) is 20.0 Å². The first kappa shape index (κ1) is 31.4. The largest absolute Gasteiger partial charge is 0.443 e. The van der Waals surface area contributed by atoms with Gasteiger partial charge in [-0.25, -0.2) is 14.5 Å². The quantitative estimate of drug-likeness (QED) is 0.269. The number of rotatable bonds is 8. The Morgan fingerprint density at radius 1 is 1.16 bits per heavy atom. The lowest BCUT2D eigenvalue weighted by Crippen LogP contribution is -2.47. The first-order valence-electron chi connectivity index (χ1n) is 14.2. The molecule has 0 aliphatic carbocycles. The molecule has 0 spiro atoms. The van der Waals surface area contributed by atoms with Crippen molar-refractivity contribution < 1.29 is 19.4 Å². The number of aliphatic imine (C=N–C) groups is 1. The molecule has 0 unspecified atom stereocenters. The van der Waals surface area contributed by atoms with Gasteiger partial charge >= 0.3 is 6.09 Å². The maximum atomic E-state index is 14.8. The van der Waals surface area contributed by atoms with Crippen molar-refractivity contribution in [2.75, 3.05) is 6.61 Å². The molecule has 1 fully saturated rings. The van der Waals surface area contributed by atoms with E-state index in [2.05, 4.69) is 26.5 Å². The van der Waals surface area contributed by atoms with Gasteiger partial charge in [0.05, 0.1) is 35.0 Å². The molecule has 230 valence electrons. The Kier molecular flexibility index (Phi) is 8.99. The fraction of sp³-hybridized carbons (Fsp3) is 0.273. The van der Waals surface area contributed by atoms with Crippen LogP contribution in [0.25, 0.3) is 5.69 Å². The smallest absolute Gasteiger partial charge is 0.437 e. The van der Waals surface area contributed by atoms with Crippen LogP contribution in [0, 0.1) is 16.7 Å². The number of amides is 2. The van der Waals surface area contributed by atoms with E-state index in [0.717, 1.165) is 5.56 Å². The number of aromatic nitrogens is 3. The van der Waals surface area contributed by atoms with Crippen LogP contribution in [0.15, 0.2) is 90.4 Å². The van der Waals surface area contributed by atoms with Gasteiger partial charge in [0.15, 0.2) is 0 Å². The summed E-state index contributed by atoms with van der Waals surface area (Å²) in [6, 6.07) is 22.0. The van der Waals surface area contributed by atoms with Crippen molar-refractivity contribution in [3.63, 3.8) is 0 Å². The number of halogens is 1. The van der Waals surface area contributed by atoms with E-state index in [-0.39, 0.29) is 18.0 Å². The normalized spacial score (nSPS) is 18.0. The highest BCUT2D eigenvalue weighted by molar-refractivity contribution is 6.32. The minimum atomic E-state index is -1.39. The molecule has 1 aliphatic heterocycles. The lowest BCUT2D eigenvalue weighted by molar-refractivity contribution is -0.134. The van der Waals surface area contributed by atoms with Gasteiger partial charge in [0, 0.05) is 0 Å². The number of hydrogen-bond acceptors (Lipinski definition) is 7. The van der Waals surface area contributed by atoms with Gasteiger partial charge in [-0.1, -0.05) is 80.9 Å². The highest BCUT2D eigenvalue weighted by atomic mass is 35.5. The molecular formula is C33H32ClN7O4. The second-order valence-electron chi connectivity index (χ2n) is 11.9. The van der Waals surface area contributed by atoms with E-state index in [4.69, 9.17) is 16.3 Å². The molecule has 1 aliphatic rings. The van der Waals surface area contributed by atoms with Crippen molar-refractivity contribution in [2.45, 2.75) is 45.4 Å². The average molecular weight is 626 g/mol. The van der Waals surface area contributed by atoms with Crippen LogP contribution in [0.4, 0.5) is 4.79 Å². The molecule has 0 radical (unpaired) electrons. The fourth-order valence-electron chi connectivity index (χ4n) is 5.44. The van der Waals surface area contributed by atoms with Crippen LogP contribution in [0.3, 0.4) is 0 Å². The van der Waals surface area contributed by atoms with Crippen LogP contribution in [-0.4, -0.2) is 49.3 Å². The third-order valence-electron chi connectivity index (χ3n) is 7.35. The van der Waals surface area contributed by atoms with Gasteiger partial charge < -0.3 is 15.2 Å². The van der Waals surface area contributed by atoms with Crippen LogP contribution in [0.2, 0.25) is 5.02 Å². The predicted molar refractivity (Wildman–Crippen MR) is 167 cm³/mol. The molecule has 1 saturated heterocycles. The van der Waals surface area contributed by atoms with E-state index in [1.165, 1.54) is 22.2 Å². The molecule has 2 N–H and O–H groups in total. The molecule has 1 aromatic heterocycles. The SMILES string of the molecule is CC(C)(C)C[C@]1(c2ccc(C#N)cc2)NC(=NC(=O)OCc2ccccc2)N([C@H](CO)c2ccc(Cl)c(-n3cncn3)c2)C1=O. The van der Waals surface area contributed by atoms with E-state index < -0.39 is 30.2 Å². The second kappa shape index (κ2) is 12.9. The van der Waals surface area contributed by atoms with E-state index in [0.29, 0.717) is 33.8 Å². The molecule has 4 aromatic rings. The zero-order valence-corrected chi connectivity index (χ0v) is 25.8. The van der Waals surface area contributed by atoms with Gasteiger partial charge in [0.25, 0.3) is 5.91 Å². The Hall–Kier alpha value is -5.05. The number of nitrogens with one attached hydrogen (secondary N) is 1. The standard InChI is InChI=1S/C33H32ClN7O4/c1-32(2,3)19-33(25-12-9-22(16-35)10-13-25)29(43)41(30(39-33)38-31(44)45-18-23-7-5-4-6-8-23)28(17-42)24-11-14-26(34)27(15-24)40-21-36-20-37-40/h4-15,20-21,28,42H,17-19H2,1-3H3,(H,38,39,44)/t28-,33-/m1/s1. The van der Waals surface area contributed by atoms with Crippen molar-refractivity contribution in [1.82, 2.24) is 25.0 Å². The number of hydrogen-bond donors (Lipinski definition) is 2. The molecule has 5 rings (SSSR count). The maximum Gasteiger partial charge on any atom is 0.437 e. The first-order valence-corrected chi connectivity index (χ1v) is 14.6. The topological polar surface area (TPSA) is 146 Å². The van der Waals surface area contributed by atoms with Crippen LogP contribution in [0.5, 0.6) is 0 Å². The minimum Gasteiger partial charge on any atom is -0.443 e. The molecule has 2 heterocycles. The number of carbonyl (C=O) groups is 2. The molecule has 2 amide bonds. The molecule has 12 heteroatoms. The molecule has 3 aromatic carbocycles. The van der Waals surface area contributed by atoms with Crippen molar-refractivity contribution in [3.8, 4) is 11.8 Å². The summed E-state index contributed by atoms with van der Waals surface area (Å²) in [5, 5.41) is 28.0. The zero-order valence-electron chi connectivity index (χ0n) is 25.0. The molecular weight excluding hydrogens is 594 g/mol. The van der Waals surface area contributed by atoms with Gasteiger partial charge in [0.1, 0.15) is 24.8 Å². The van der Waals surface area contributed by atoms with Gasteiger partial charge in [-0.2, -0.15) is 10.4 Å². The van der Waals surface area contributed by atoms with Crippen LogP contribution in [-0.2, 0) is 21.7 Å². The fourth-order valence-corrected chi connectivity index (χ4v) is 5.64. The second-order valence-corrected chi connectivity index (χ2v) is 12.3. The Bertz CT molecular complexity index is 1750. The lowest BCUT2D eigenvalue weighted by Gasteiger charge is -2.34. The predicted octanol–water partition coefficient (Wildman–Crippen LogP) is 5.28. The van der Waals surface area contributed by atoms with Gasteiger partial charge in [-0.05, 0) is 52.8 Å². The third-order valence-corrected chi connectivity index (χ3v) is 7.67. The van der Waals surface area contributed by atoms with Crippen molar-refractivity contribution in [3.05, 3.63) is 113 Å². The number of aliphatic hydroxyl groups is 1. The third kappa shape index (κ3) is 6.72. The Morgan fingerprint density at radius 3 is 2.51 bits per heavy atom. The van der Waals surface area contributed by atoms with Crippen molar-refractivity contribution >= 4 is 29.6 Å². The Labute approximate surface area is 265 Å². The van der Waals surface area contributed by atoms with Crippen molar-refractivity contribution in [2.24, 2.45) is 10.4 Å². The van der Waals surface area contributed by atoms with E-state index in [1.807, 2.05) is 51.1 Å². The number of carbonyl (C=O) groups excluding carboxylic acids is 2. The molecule has 45 heavy (non-hydrogen) atoms. The maximum absolute atomic E-state index is 14.8. The monoisotopic (exact) mass is 625 g/mol. The average Bonchev–Trinajstić information content (AvgIpc) is 3.65. The van der Waals surface area contributed by atoms with Crippen LogP contribution < -0.4 is 5.32 Å². The molecule has 11 nitrogen and oxygen atoms in total. The summed E-state index contributed by atoms with van der Waals surface area (Å²) in [6.07, 6.45) is 2.23. The molecule has 0 saturated carbocycles. The van der Waals surface area contributed by atoms with Crippen molar-refractivity contribution in [1.29, 1.82) is 5.26 Å². The number of nitrogens with zero attached hydrogens (tertiary/aromatic N) is 6. The van der Waals surface area contributed by atoms with E-state index >= 15 is 0 Å². The summed E-state index contributed by atoms with van der Waals surface area (Å²) in [7, 11) is 0. The molecule has 2 atom stereocenters. The van der Waals surface area contributed by atoms with Crippen LogP contribution >= 0.6 is 11.6 Å². The first-order chi connectivity index (χ1) is 21.5. The summed E-state index contributed by atoms with van der Waals surface area (Å²) < 4.78 is 6.92. The number of aliphatic hydroxyl groups excluding tert-OH is 1. The number of guanidine groups is 1. The number of benzene rings is 3. The summed E-state index contributed by atoms with van der Waals surface area (Å²) in [4.78, 5) is 37.4. The van der Waals surface area contributed by atoms with Gasteiger partial charge in [-0.3, -0.25) is 9.69 Å². The highest BCUT2D eigenvalue weighted by Crippen LogP contribution is 2.42. The van der Waals surface area contributed by atoms with E-state index in [1.54, 1.807) is 42.5 Å². The highest BCUT2D eigenvalue weighted by Gasteiger charge is 2.55. The minimum absolute atomic E-state index is 0.0188. The summed E-state index contributed by atoms with van der Waals surface area (Å²) in [6.45, 7) is 5.45. The Balaban J connectivity index is 1.62. The number of nitriles is 1. The zero-order chi connectivity index (χ0) is 32.2.